The third-order valence-corrected chi connectivity index (χ3v) is 3.67. The molecule has 2 atom stereocenters. The predicted octanol–water partition coefficient (Wildman–Crippen LogP) is 0.784. The molecule has 1 aliphatic rings. The summed E-state index contributed by atoms with van der Waals surface area (Å²) in [4.78, 5) is 24.0. The van der Waals surface area contributed by atoms with Crippen LogP contribution in [0.5, 0.6) is 0 Å². The average molecular weight is 306 g/mol. The van der Waals surface area contributed by atoms with Crippen molar-refractivity contribution in [3.8, 4) is 0 Å². The van der Waals surface area contributed by atoms with Crippen LogP contribution in [0.15, 0.2) is 30.3 Å². The summed E-state index contributed by atoms with van der Waals surface area (Å²) < 4.78 is 10.7. The Hall–Kier alpha value is -1.92. The normalized spacial score (nSPS) is 22.0. The Morgan fingerprint density at radius 1 is 1.41 bits per heavy atom. The number of hydrogen-bond donors (Lipinski definition) is 2. The van der Waals surface area contributed by atoms with Crippen LogP contribution in [-0.4, -0.2) is 43.8 Å². The summed E-state index contributed by atoms with van der Waals surface area (Å²) in [5.41, 5.74) is 0.372. The Labute approximate surface area is 130 Å². The first-order valence-electron chi connectivity index (χ1n) is 7.22. The molecule has 2 amide bonds. The van der Waals surface area contributed by atoms with Crippen LogP contribution < -0.4 is 10.6 Å². The van der Waals surface area contributed by atoms with E-state index in [0.717, 1.165) is 5.56 Å². The van der Waals surface area contributed by atoms with Gasteiger partial charge in [0.05, 0.1) is 11.6 Å². The van der Waals surface area contributed by atoms with Crippen molar-refractivity contribution in [3.63, 3.8) is 0 Å². The lowest BCUT2D eigenvalue weighted by Gasteiger charge is -2.32. The van der Waals surface area contributed by atoms with Crippen molar-refractivity contribution < 1.29 is 19.1 Å². The summed E-state index contributed by atoms with van der Waals surface area (Å²) in [5, 5.41) is 5.64. The quantitative estimate of drug-likeness (QED) is 0.843. The molecule has 1 fully saturated rings. The number of amides is 2. The lowest BCUT2D eigenvalue weighted by Crippen LogP contribution is -2.54. The van der Waals surface area contributed by atoms with Crippen LogP contribution in [0.25, 0.3) is 0 Å². The first-order valence-corrected chi connectivity index (χ1v) is 7.22. The predicted molar refractivity (Wildman–Crippen MR) is 81.2 cm³/mol. The molecule has 2 rings (SSSR count). The Morgan fingerprint density at radius 2 is 2.09 bits per heavy atom. The first-order chi connectivity index (χ1) is 10.4. The van der Waals surface area contributed by atoms with E-state index in [1.807, 2.05) is 44.2 Å². The minimum Gasteiger partial charge on any atom is -0.377 e. The molecule has 22 heavy (non-hydrogen) atoms. The van der Waals surface area contributed by atoms with E-state index in [4.69, 9.17) is 9.47 Å². The van der Waals surface area contributed by atoms with Gasteiger partial charge in [-0.1, -0.05) is 30.3 Å². The van der Waals surface area contributed by atoms with Crippen molar-refractivity contribution in [1.82, 2.24) is 10.6 Å². The van der Waals surface area contributed by atoms with Gasteiger partial charge in [0, 0.05) is 13.7 Å². The second-order valence-corrected chi connectivity index (χ2v) is 5.87. The Kier molecular flexibility index (Phi) is 5.15. The molecule has 1 aromatic carbocycles. The van der Waals surface area contributed by atoms with E-state index < -0.39 is 17.7 Å². The molecule has 0 bridgehead atoms. The molecular formula is C16H22N2O4. The summed E-state index contributed by atoms with van der Waals surface area (Å²) in [5.74, 6) is -0.492. The molecule has 0 aromatic heterocycles. The van der Waals surface area contributed by atoms with Gasteiger partial charge in [0.2, 0.25) is 5.91 Å². The number of methoxy groups -OCH3 is 1. The van der Waals surface area contributed by atoms with E-state index in [0.29, 0.717) is 6.54 Å². The van der Waals surface area contributed by atoms with Crippen LogP contribution >= 0.6 is 0 Å². The fourth-order valence-electron chi connectivity index (χ4n) is 2.17. The lowest BCUT2D eigenvalue weighted by molar-refractivity contribution is -0.148. The van der Waals surface area contributed by atoms with Crippen molar-refractivity contribution in [1.29, 1.82) is 0 Å². The first kappa shape index (κ1) is 16.5. The van der Waals surface area contributed by atoms with Crippen LogP contribution in [0.2, 0.25) is 0 Å². The molecule has 0 radical (unpaired) electrons. The fraction of sp³-hybridized carbons (Fsp3) is 0.500. The largest absolute Gasteiger partial charge is 0.377 e. The molecule has 6 nitrogen and oxygen atoms in total. The smallest absolute Gasteiger partial charge is 0.251 e. The Balaban J connectivity index is 2.09. The third-order valence-electron chi connectivity index (χ3n) is 3.67. The van der Waals surface area contributed by atoms with Gasteiger partial charge in [-0.25, -0.2) is 0 Å². The van der Waals surface area contributed by atoms with E-state index >= 15 is 0 Å². The van der Waals surface area contributed by atoms with Crippen molar-refractivity contribution >= 4 is 11.8 Å². The summed E-state index contributed by atoms with van der Waals surface area (Å²) in [6.07, 6.45) is -0.757. The topological polar surface area (TPSA) is 76.7 Å². The lowest BCUT2D eigenvalue weighted by atomic mass is 9.99. The van der Waals surface area contributed by atoms with Crippen molar-refractivity contribution in [2.75, 3.05) is 20.3 Å². The highest BCUT2D eigenvalue weighted by Gasteiger charge is 2.36. The zero-order valence-corrected chi connectivity index (χ0v) is 13.1. The highest BCUT2D eigenvalue weighted by atomic mass is 16.5. The maximum atomic E-state index is 12.4. The van der Waals surface area contributed by atoms with Gasteiger partial charge in [-0.15, -0.1) is 0 Å². The molecule has 120 valence electrons. The van der Waals surface area contributed by atoms with Crippen LogP contribution in [0, 0.1) is 0 Å². The maximum absolute atomic E-state index is 12.4. The molecule has 1 heterocycles. The number of ether oxygens (including phenoxy) is 2. The van der Waals surface area contributed by atoms with Crippen LogP contribution in [0.3, 0.4) is 0 Å². The number of morpholine rings is 1. The van der Waals surface area contributed by atoms with Gasteiger partial charge >= 0.3 is 0 Å². The second-order valence-electron chi connectivity index (χ2n) is 5.87. The van der Waals surface area contributed by atoms with E-state index in [2.05, 4.69) is 10.6 Å². The Bertz CT molecular complexity index is 530. The third kappa shape index (κ3) is 4.05. The number of carbonyl (C=O) groups excluding carboxylic acids is 2. The van der Waals surface area contributed by atoms with Crippen LogP contribution in [-0.2, 0) is 19.1 Å². The molecule has 1 aromatic rings. The van der Waals surface area contributed by atoms with Crippen molar-refractivity contribution in [2.24, 2.45) is 0 Å². The summed E-state index contributed by atoms with van der Waals surface area (Å²) >= 11 is 0. The summed E-state index contributed by atoms with van der Waals surface area (Å²) in [6.45, 7) is 4.00. The second kappa shape index (κ2) is 6.89. The highest BCUT2D eigenvalue weighted by Crippen LogP contribution is 2.22. The van der Waals surface area contributed by atoms with Gasteiger partial charge < -0.3 is 20.1 Å². The van der Waals surface area contributed by atoms with Gasteiger partial charge in [-0.3, -0.25) is 9.59 Å². The minimum absolute atomic E-state index is 0.116. The van der Waals surface area contributed by atoms with Crippen LogP contribution in [0.4, 0.5) is 0 Å². The molecule has 6 heteroatoms. The average Bonchev–Trinajstić information content (AvgIpc) is 2.53. The molecule has 1 saturated heterocycles. The van der Waals surface area contributed by atoms with Gasteiger partial charge in [-0.2, -0.15) is 0 Å². The zero-order valence-electron chi connectivity index (χ0n) is 13.1. The van der Waals surface area contributed by atoms with Gasteiger partial charge in [0.1, 0.15) is 6.61 Å². The number of hydrogen-bond acceptors (Lipinski definition) is 4. The van der Waals surface area contributed by atoms with Crippen LogP contribution in [0.1, 0.15) is 25.5 Å². The minimum atomic E-state index is -0.757. The number of carbonyl (C=O) groups is 2. The molecule has 2 N–H and O–H groups in total. The standard InChI is InChI=1S/C16H22N2O4/c1-16(2,21-3)10-17-15(20)14-13(18-12(19)9-22-14)11-7-5-4-6-8-11/h4-8,13-14H,9-10H2,1-3H3,(H,17,20)(H,18,19)/t13-,14+/m1/s1. The van der Waals surface area contributed by atoms with Gasteiger partial charge in [0.15, 0.2) is 6.10 Å². The van der Waals surface area contributed by atoms with Gasteiger partial charge in [0.25, 0.3) is 5.91 Å². The molecule has 0 saturated carbocycles. The monoisotopic (exact) mass is 306 g/mol. The number of benzene rings is 1. The highest BCUT2D eigenvalue weighted by molar-refractivity contribution is 5.86. The molecular weight excluding hydrogens is 284 g/mol. The Morgan fingerprint density at radius 3 is 2.73 bits per heavy atom. The zero-order chi connectivity index (χ0) is 16.2. The molecule has 1 aliphatic heterocycles. The number of nitrogens with one attached hydrogen (secondary N) is 2. The van der Waals surface area contributed by atoms with E-state index in [9.17, 15) is 9.59 Å². The van der Waals surface area contributed by atoms with E-state index in [1.54, 1.807) is 7.11 Å². The summed E-state index contributed by atoms with van der Waals surface area (Å²) in [7, 11) is 1.59. The van der Waals surface area contributed by atoms with Gasteiger partial charge in [-0.05, 0) is 19.4 Å². The summed E-state index contributed by atoms with van der Waals surface area (Å²) in [6, 6.07) is 8.83. The number of rotatable bonds is 5. The van der Waals surface area contributed by atoms with E-state index in [1.165, 1.54) is 0 Å². The van der Waals surface area contributed by atoms with E-state index in [-0.39, 0.29) is 18.4 Å². The molecule has 0 spiro atoms. The maximum Gasteiger partial charge on any atom is 0.251 e. The fourth-order valence-corrected chi connectivity index (χ4v) is 2.17. The SMILES string of the molecule is COC(C)(C)CNC(=O)[C@H]1OCC(=O)N[C@@H]1c1ccccc1. The molecule has 0 aliphatic carbocycles. The van der Waals surface area contributed by atoms with Crippen molar-refractivity contribution in [2.45, 2.75) is 31.6 Å². The molecule has 0 unspecified atom stereocenters. The van der Waals surface area contributed by atoms with Crippen molar-refractivity contribution in [3.05, 3.63) is 35.9 Å².